The number of hydrogen-bond acceptors (Lipinski definition) is 1. The number of phenolic OH excluding ortho intramolecular Hbond substituents is 1. The van der Waals surface area contributed by atoms with Crippen LogP contribution in [-0.4, -0.2) is 6.54 Å². The second-order valence-corrected chi connectivity index (χ2v) is 2.95. The number of hydrogen-bond donors (Lipinski definition) is 1. The Labute approximate surface area is 74.6 Å². The molecule has 0 heterocycles. The van der Waals surface area contributed by atoms with Gasteiger partial charge < -0.3 is 5.11 Å². The van der Waals surface area contributed by atoms with E-state index in [0.717, 1.165) is 0 Å². The van der Waals surface area contributed by atoms with Crippen molar-refractivity contribution in [1.82, 2.24) is 0 Å². The van der Waals surface area contributed by atoms with Crippen molar-refractivity contribution in [3.05, 3.63) is 27.2 Å². The van der Waals surface area contributed by atoms with Gasteiger partial charge in [0, 0.05) is 5.02 Å². The topological polar surface area (TPSA) is 20.2 Å². The standard InChI is InChI=1S/C6H3Cl3O/c7-3-1-4(8)6(10)5(9)2-3/h1-2,10H/i/hD. The molecule has 0 radical (unpaired) electrons. The first-order valence-electron chi connectivity index (χ1n) is 2.83. The Bertz CT molecular complexity index is 254. The zero-order valence-corrected chi connectivity index (χ0v) is 6.96. The summed E-state index contributed by atoms with van der Waals surface area (Å²) in [6.45, 7) is 0. The first kappa shape index (κ1) is 6.59. The molecule has 0 bridgehead atoms. The minimum Gasteiger partial charge on any atom is -0.505 e. The molecule has 0 saturated carbocycles. The molecule has 0 fully saturated rings. The average Bonchev–Trinajstić information content (AvgIpc) is 1.85. The average molecular weight is 198 g/mol. The predicted octanol–water partition coefficient (Wildman–Crippen LogP) is 3.35. The van der Waals surface area contributed by atoms with E-state index in [0.29, 0.717) is 5.02 Å². The Morgan fingerprint density at radius 2 is 1.70 bits per heavy atom. The summed E-state index contributed by atoms with van der Waals surface area (Å²) in [4.78, 5) is 0. The molecule has 54 valence electrons. The van der Waals surface area contributed by atoms with Crippen molar-refractivity contribution in [2.45, 2.75) is 0 Å². The van der Waals surface area contributed by atoms with Crippen LogP contribution >= 0.6 is 34.8 Å². The summed E-state index contributed by atoms with van der Waals surface area (Å²) < 4.78 is 6.58. The van der Waals surface area contributed by atoms with Gasteiger partial charge in [-0.2, -0.15) is 0 Å². The zero-order valence-electron chi connectivity index (χ0n) is 5.70. The van der Waals surface area contributed by atoms with Crippen LogP contribution in [0.5, 0.6) is 5.75 Å². The van der Waals surface area contributed by atoms with E-state index >= 15 is 0 Å². The summed E-state index contributed by atoms with van der Waals surface area (Å²) in [7, 11) is 0. The Kier molecular flexibility index (Phi) is 1.89. The van der Waals surface area contributed by atoms with Gasteiger partial charge in [0.2, 0.25) is 0 Å². The van der Waals surface area contributed by atoms with E-state index < -0.39 is 0 Å². The molecule has 0 atom stereocenters. The molecule has 1 aromatic rings. The Hall–Kier alpha value is -0.110. The molecular weight excluding hydrogens is 194 g/mol. The summed E-state index contributed by atoms with van der Waals surface area (Å²) in [6.07, 6.45) is 0. The van der Waals surface area contributed by atoms with Crippen LogP contribution in [0.1, 0.15) is 0 Å². The third-order valence-corrected chi connectivity index (χ3v) is 1.74. The maximum absolute atomic E-state index is 6.58. The lowest BCUT2D eigenvalue weighted by Crippen LogP contribution is -1.70. The van der Waals surface area contributed by atoms with Gasteiger partial charge in [0.15, 0.2) is 5.75 Å². The lowest BCUT2D eigenvalue weighted by Gasteiger charge is -1.98. The highest BCUT2D eigenvalue weighted by Gasteiger charge is 2.03. The molecule has 1 N–H and O–H groups in total. The maximum Gasteiger partial charge on any atom is 0.293 e. The van der Waals surface area contributed by atoms with E-state index in [1.54, 1.807) is 0 Å². The van der Waals surface area contributed by atoms with Gasteiger partial charge in [-0.1, -0.05) is 34.8 Å². The summed E-state index contributed by atoms with van der Waals surface area (Å²) in [5, 5.41) is 5.04. The molecule has 1 aromatic carbocycles. The van der Waals surface area contributed by atoms with E-state index in [1.165, 1.54) is 12.1 Å². The van der Waals surface area contributed by atoms with Crippen molar-refractivity contribution < 1.29 is 5.11 Å². The molecule has 0 aromatic heterocycles. The minimum atomic E-state index is 0.123. The number of rotatable bonds is 1. The van der Waals surface area contributed by atoms with Gasteiger partial charge in [-0.25, -0.2) is 0 Å². The van der Waals surface area contributed by atoms with Gasteiger partial charge in [0.05, 0.1) is 10.0 Å². The second-order valence-electron chi connectivity index (χ2n) is 1.70. The zero-order chi connectivity index (χ0) is 8.43. The normalized spacial score (nSPS) is 10.9. The molecule has 0 unspecified atom stereocenters. The SMILES string of the molecule is [2H]Oc1c(Cl)cc(Cl)cc1Cl. The van der Waals surface area contributed by atoms with Gasteiger partial charge in [-0.3, -0.25) is 0 Å². The molecule has 1 rings (SSSR count). The molecule has 0 amide bonds. The number of phenols is 1. The number of benzene rings is 1. The van der Waals surface area contributed by atoms with Gasteiger partial charge in [-0.15, -0.1) is 0 Å². The van der Waals surface area contributed by atoms with E-state index in [-0.39, 0.29) is 15.8 Å². The van der Waals surface area contributed by atoms with Crippen LogP contribution in [0.2, 0.25) is 15.1 Å². The monoisotopic (exact) mass is 197 g/mol. The highest BCUT2D eigenvalue weighted by molar-refractivity contribution is 6.40. The molecule has 0 aliphatic heterocycles. The lowest BCUT2D eigenvalue weighted by molar-refractivity contribution is 0.476. The molecule has 0 aliphatic carbocycles. The summed E-state index contributed by atoms with van der Waals surface area (Å²) >= 11 is 16.8. The maximum atomic E-state index is 6.58. The van der Waals surface area contributed by atoms with Crippen LogP contribution in [0.3, 0.4) is 0 Å². The van der Waals surface area contributed by atoms with Crippen molar-refractivity contribution in [3.63, 3.8) is 0 Å². The van der Waals surface area contributed by atoms with Crippen molar-refractivity contribution in [2.75, 3.05) is 0 Å². The highest BCUT2D eigenvalue weighted by atomic mass is 35.5. The third-order valence-electron chi connectivity index (χ3n) is 0.963. The van der Waals surface area contributed by atoms with Gasteiger partial charge in [0.1, 0.15) is 0 Å². The fraction of sp³-hybridized carbons (Fsp3) is 0. The predicted molar refractivity (Wildman–Crippen MR) is 43.1 cm³/mol. The van der Waals surface area contributed by atoms with E-state index in [1.807, 2.05) is 0 Å². The van der Waals surface area contributed by atoms with Crippen LogP contribution in [0, 0.1) is 0 Å². The summed E-state index contributed by atoms with van der Waals surface area (Å²) in [5.41, 5.74) is 0. The van der Waals surface area contributed by atoms with Crippen LogP contribution in [0.4, 0.5) is 0 Å². The van der Waals surface area contributed by atoms with Gasteiger partial charge in [0.25, 0.3) is 1.43 Å². The second kappa shape index (κ2) is 2.87. The first-order chi connectivity index (χ1) is 5.15. The fourth-order valence-corrected chi connectivity index (χ4v) is 1.35. The van der Waals surface area contributed by atoms with Crippen LogP contribution in [0.25, 0.3) is 0 Å². The lowest BCUT2D eigenvalue weighted by atomic mass is 10.3. The molecule has 1 nitrogen and oxygen atoms in total. The number of aromatic hydroxyl groups is 1. The largest absolute Gasteiger partial charge is 0.505 e. The highest BCUT2D eigenvalue weighted by Crippen LogP contribution is 2.34. The van der Waals surface area contributed by atoms with Crippen molar-refractivity contribution >= 4 is 34.8 Å². The Morgan fingerprint density at radius 1 is 1.20 bits per heavy atom. The van der Waals surface area contributed by atoms with E-state index in [9.17, 15) is 0 Å². The van der Waals surface area contributed by atoms with Crippen LogP contribution in [-0.2, 0) is 0 Å². The smallest absolute Gasteiger partial charge is 0.293 e. The minimum absolute atomic E-state index is 0.123. The Balaban J connectivity index is 3.25. The van der Waals surface area contributed by atoms with Gasteiger partial charge in [-0.05, 0) is 12.1 Å². The van der Waals surface area contributed by atoms with Crippen molar-refractivity contribution in [3.8, 4) is 5.75 Å². The van der Waals surface area contributed by atoms with Crippen molar-refractivity contribution in [2.24, 2.45) is 0 Å². The molecule has 4 heteroatoms. The molecule has 0 aliphatic rings. The fourth-order valence-electron chi connectivity index (χ4n) is 0.529. The van der Waals surface area contributed by atoms with E-state index in [4.69, 9.17) is 36.2 Å². The van der Waals surface area contributed by atoms with Crippen LogP contribution in [0.15, 0.2) is 12.1 Å². The summed E-state index contributed by atoms with van der Waals surface area (Å²) in [6, 6.07) is 2.91. The first-order valence-corrected chi connectivity index (χ1v) is 3.56. The quantitative estimate of drug-likeness (QED) is 0.734. The van der Waals surface area contributed by atoms with Crippen LogP contribution < -0.4 is 0 Å². The summed E-state index contributed by atoms with van der Waals surface area (Å²) in [5.74, 6) is 0.123. The van der Waals surface area contributed by atoms with E-state index in [2.05, 4.69) is 5.11 Å². The Morgan fingerprint density at radius 3 is 2.10 bits per heavy atom. The third kappa shape index (κ3) is 1.48. The molecule has 10 heavy (non-hydrogen) atoms. The number of halogens is 3. The molecular formula is C6H3Cl3O. The molecule has 0 saturated heterocycles. The van der Waals surface area contributed by atoms with Crippen molar-refractivity contribution in [1.29, 1.82) is 1.43 Å². The van der Waals surface area contributed by atoms with Gasteiger partial charge >= 0.3 is 0 Å². The molecule has 0 spiro atoms.